The van der Waals surface area contributed by atoms with Crippen molar-refractivity contribution in [1.82, 2.24) is 0 Å². The summed E-state index contributed by atoms with van der Waals surface area (Å²) in [5, 5.41) is 0. The molecule has 0 aliphatic heterocycles. The minimum Gasteiger partial charge on any atom is -0.463 e. The lowest BCUT2D eigenvalue weighted by Crippen LogP contribution is -2.52. The van der Waals surface area contributed by atoms with Crippen LogP contribution in [0.2, 0.25) is 51.9 Å². The molecule has 0 amide bonds. The summed E-state index contributed by atoms with van der Waals surface area (Å²) in [5.41, 5.74) is 0. The van der Waals surface area contributed by atoms with Crippen LogP contribution in [0, 0.1) is 0 Å². The van der Waals surface area contributed by atoms with E-state index in [2.05, 4.69) is 45.8 Å². The summed E-state index contributed by atoms with van der Waals surface area (Å²) in [7, 11) is -5.77. The maximum Gasteiger partial charge on any atom is 0.331 e. The zero-order valence-corrected chi connectivity index (χ0v) is 22.3. The Morgan fingerprint density at radius 3 is 1.86 bits per heavy atom. The van der Waals surface area contributed by atoms with E-state index < -0.39 is 37.1 Å². The zero-order valence-electron chi connectivity index (χ0n) is 19.3. The number of carbonyl (C=O) groups excluding carboxylic acids is 2. The Kier molecular flexibility index (Phi) is 10.5. The third-order valence-electron chi connectivity index (χ3n) is 4.25. The average Bonchev–Trinajstić information content (AvgIpc) is 2.54. The Morgan fingerprint density at radius 1 is 0.828 bits per heavy atom. The van der Waals surface area contributed by atoms with Gasteiger partial charge in [0.25, 0.3) is 0 Å². The molecular formula is C20H40O6Si3. The first-order valence-electron chi connectivity index (χ1n) is 10.7. The average molecular weight is 461 g/mol. The fourth-order valence-corrected chi connectivity index (χ4v) is 16.1. The van der Waals surface area contributed by atoms with Crippen LogP contribution in [-0.2, 0) is 27.3 Å². The number of hydrogen-bond acceptors (Lipinski definition) is 6. The van der Waals surface area contributed by atoms with Crippen molar-refractivity contribution >= 4 is 37.1 Å². The number of hydrogen-bond donors (Lipinski definition) is 0. The van der Waals surface area contributed by atoms with E-state index in [1.807, 2.05) is 0 Å². The Hall–Kier alpha value is -0.749. The van der Waals surface area contributed by atoms with E-state index in [4.69, 9.17) is 17.7 Å². The van der Waals surface area contributed by atoms with Gasteiger partial charge in [-0.3, -0.25) is 0 Å². The predicted molar refractivity (Wildman–Crippen MR) is 123 cm³/mol. The molecule has 1 saturated carbocycles. The largest absolute Gasteiger partial charge is 0.463 e. The van der Waals surface area contributed by atoms with Crippen LogP contribution in [0.1, 0.15) is 38.5 Å². The van der Waals surface area contributed by atoms with Crippen LogP contribution in [0.5, 0.6) is 0 Å². The van der Waals surface area contributed by atoms with Gasteiger partial charge in [0.15, 0.2) is 16.6 Å². The summed E-state index contributed by atoms with van der Waals surface area (Å²) in [4.78, 5) is 23.7. The van der Waals surface area contributed by atoms with Crippen molar-refractivity contribution < 1.29 is 27.3 Å². The van der Waals surface area contributed by atoms with Gasteiger partial charge < -0.3 is 17.7 Å². The van der Waals surface area contributed by atoms with Gasteiger partial charge in [-0.1, -0.05) is 6.42 Å². The Balaban J connectivity index is 2.39. The van der Waals surface area contributed by atoms with Gasteiger partial charge >= 0.3 is 20.5 Å². The maximum absolute atomic E-state index is 11.9. The summed E-state index contributed by atoms with van der Waals surface area (Å²) < 4.78 is 23.5. The Bertz CT molecular complexity index is 544. The normalized spacial score (nSPS) is 16.8. The van der Waals surface area contributed by atoms with Crippen LogP contribution in [0.4, 0.5) is 0 Å². The lowest BCUT2D eigenvalue weighted by atomic mass is 9.98. The van der Waals surface area contributed by atoms with E-state index in [1.54, 1.807) is 0 Å². The molecule has 9 heteroatoms. The minimum absolute atomic E-state index is 0.0164. The minimum atomic E-state index is -2.31. The quantitative estimate of drug-likeness (QED) is 0.184. The van der Waals surface area contributed by atoms with Gasteiger partial charge in [0.1, 0.15) is 6.10 Å². The van der Waals surface area contributed by atoms with Crippen LogP contribution < -0.4 is 0 Å². The highest BCUT2D eigenvalue weighted by Gasteiger charge is 2.39. The zero-order chi connectivity index (χ0) is 22.1. The van der Waals surface area contributed by atoms with E-state index in [1.165, 1.54) is 12.5 Å². The second kappa shape index (κ2) is 11.6. The van der Waals surface area contributed by atoms with Crippen LogP contribution in [0.3, 0.4) is 0 Å². The number of rotatable bonds is 11. The fraction of sp³-hybridized carbons (Fsp3) is 0.800. The molecule has 0 atom stereocenters. The third-order valence-corrected chi connectivity index (χ3v) is 13.9. The highest BCUT2D eigenvalue weighted by molar-refractivity contribution is 6.87. The predicted octanol–water partition coefficient (Wildman–Crippen LogP) is 5.13. The van der Waals surface area contributed by atoms with Crippen LogP contribution in [0.15, 0.2) is 12.2 Å². The first-order valence-corrected chi connectivity index (χ1v) is 20.1. The summed E-state index contributed by atoms with van der Waals surface area (Å²) in [6.45, 7) is 15.4. The molecular weight excluding hydrogens is 420 g/mol. The molecule has 0 radical (unpaired) electrons. The highest BCUT2D eigenvalue weighted by Crippen LogP contribution is 2.25. The van der Waals surface area contributed by atoms with Gasteiger partial charge in [-0.2, -0.15) is 0 Å². The first-order chi connectivity index (χ1) is 13.3. The second-order valence-corrected chi connectivity index (χ2v) is 22.7. The van der Waals surface area contributed by atoms with Gasteiger partial charge in [0.05, 0.1) is 6.61 Å². The Morgan fingerprint density at radius 2 is 1.34 bits per heavy atom. The van der Waals surface area contributed by atoms with Crippen LogP contribution in [0.25, 0.3) is 0 Å². The lowest BCUT2D eigenvalue weighted by molar-refractivity contribution is -0.145. The summed E-state index contributed by atoms with van der Waals surface area (Å²) in [6, 6.07) is 0.780. The van der Waals surface area contributed by atoms with Crippen molar-refractivity contribution in [3.63, 3.8) is 0 Å². The maximum atomic E-state index is 11.9. The van der Waals surface area contributed by atoms with Crippen molar-refractivity contribution in [1.29, 1.82) is 0 Å². The molecule has 168 valence electrons. The van der Waals surface area contributed by atoms with E-state index >= 15 is 0 Å². The molecule has 0 unspecified atom stereocenters. The van der Waals surface area contributed by atoms with Gasteiger partial charge in [0, 0.05) is 12.2 Å². The van der Waals surface area contributed by atoms with Crippen LogP contribution >= 0.6 is 0 Å². The molecule has 0 aromatic heterocycles. The van der Waals surface area contributed by atoms with Crippen molar-refractivity contribution in [2.24, 2.45) is 0 Å². The standard InChI is InChI=1S/C20H40O6Si3/c1-27(2,3)25-29(7,26-28(4,5)6)17-11-16-23-19(21)14-15-20(22)24-18-12-9-8-10-13-18/h14-15,18H,8-13,16-17H2,1-7H3. The highest BCUT2D eigenvalue weighted by atomic mass is 28.5. The number of ether oxygens (including phenoxy) is 2. The molecule has 0 spiro atoms. The first kappa shape index (κ1) is 26.3. The smallest absolute Gasteiger partial charge is 0.331 e. The van der Waals surface area contributed by atoms with Crippen molar-refractivity contribution in [3.05, 3.63) is 12.2 Å². The van der Waals surface area contributed by atoms with E-state index in [0.29, 0.717) is 6.42 Å². The molecule has 0 bridgehead atoms. The van der Waals surface area contributed by atoms with E-state index in [9.17, 15) is 9.59 Å². The third kappa shape index (κ3) is 13.2. The van der Waals surface area contributed by atoms with Crippen molar-refractivity contribution in [2.75, 3.05) is 6.61 Å². The monoisotopic (exact) mass is 460 g/mol. The molecule has 1 aliphatic rings. The summed E-state index contributed by atoms with van der Waals surface area (Å²) in [6.07, 6.45) is 8.18. The SMILES string of the molecule is C[Si](C)(C)O[Si](C)(CCCOC(=O)C=CC(=O)OC1CCCCC1)O[Si](C)(C)C. The molecule has 6 nitrogen and oxygen atoms in total. The lowest BCUT2D eigenvalue weighted by Gasteiger charge is -2.38. The number of carbonyl (C=O) groups is 2. The van der Waals surface area contributed by atoms with E-state index in [-0.39, 0.29) is 12.7 Å². The van der Waals surface area contributed by atoms with Gasteiger partial charge in [-0.05, 0) is 84.0 Å². The van der Waals surface area contributed by atoms with Crippen molar-refractivity contribution in [3.8, 4) is 0 Å². The van der Waals surface area contributed by atoms with Crippen molar-refractivity contribution in [2.45, 2.75) is 96.5 Å². The van der Waals surface area contributed by atoms with Crippen LogP contribution in [-0.4, -0.2) is 49.8 Å². The molecule has 0 N–H and O–H groups in total. The topological polar surface area (TPSA) is 71.1 Å². The van der Waals surface area contributed by atoms with Gasteiger partial charge in [0.2, 0.25) is 0 Å². The molecule has 0 aromatic rings. The van der Waals surface area contributed by atoms with Gasteiger partial charge in [-0.25, -0.2) is 9.59 Å². The molecule has 1 fully saturated rings. The Labute approximate surface area is 179 Å². The molecule has 0 saturated heterocycles. The number of esters is 2. The molecule has 0 heterocycles. The molecule has 29 heavy (non-hydrogen) atoms. The molecule has 1 aliphatic carbocycles. The summed E-state index contributed by atoms with van der Waals surface area (Å²) in [5.74, 6) is -0.993. The fourth-order valence-electron chi connectivity index (χ4n) is 3.56. The summed E-state index contributed by atoms with van der Waals surface area (Å²) >= 11 is 0. The second-order valence-electron chi connectivity index (χ2n) is 9.86. The molecule has 0 aromatic carbocycles. The molecule has 1 rings (SSSR count). The van der Waals surface area contributed by atoms with Gasteiger partial charge in [-0.15, -0.1) is 0 Å². The van der Waals surface area contributed by atoms with E-state index in [0.717, 1.165) is 37.8 Å².